The Balaban J connectivity index is 0.000000253. The summed E-state index contributed by atoms with van der Waals surface area (Å²) in [5.74, 6) is -0.116. The predicted molar refractivity (Wildman–Crippen MR) is 66.9 cm³/mol. The van der Waals surface area contributed by atoms with E-state index in [0.717, 1.165) is 0 Å². The molecule has 2 rings (SSSR count). The van der Waals surface area contributed by atoms with E-state index in [-0.39, 0.29) is 23.0 Å². The van der Waals surface area contributed by atoms with Gasteiger partial charge in [-0.05, 0) is 12.2 Å². The summed E-state index contributed by atoms with van der Waals surface area (Å²) in [4.78, 5) is 0. The van der Waals surface area contributed by atoms with E-state index in [1.54, 1.807) is 12.2 Å². The van der Waals surface area contributed by atoms with Crippen LogP contribution in [0.1, 0.15) is 0 Å². The van der Waals surface area contributed by atoms with Gasteiger partial charge < -0.3 is 10.8 Å². The zero-order valence-electron chi connectivity index (χ0n) is 7.87. The monoisotopic (exact) mass is 356 g/mol. The summed E-state index contributed by atoms with van der Waals surface area (Å²) in [7, 11) is 0. The largest absolute Gasteiger partial charge is 0.495 e. The van der Waals surface area contributed by atoms with Gasteiger partial charge in [0, 0.05) is 22.6 Å². The molecular formula is C11H11FeINO-. The van der Waals surface area contributed by atoms with Crippen LogP contribution in [0.3, 0.4) is 0 Å². The molecule has 1 aromatic rings. The van der Waals surface area contributed by atoms with Gasteiger partial charge in [-0.1, -0.05) is 15.7 Å². The van der Waals surface area contributed by atoms with Crippen molar-refractivity contribution in [3.8, 4) is 0 Å². The molecule has 0 fully saturated rings. The Hall–Kier alpha value is -0.581. The molecule has 0 aliphatic heterocycles. The third-order valence-electron chi connectivity index (χ3n) is 1.58. The van der Waals surface area contributed by atoms with Crippen LogP contribution in [0.25, 0.3) is 0 Å². The van der Waals surface area contributed by atoms with Gasteiger partial charge in [0.25, 0.3) is 0 Å². The average molecular weight is 356 g/mol. The summed E-state index contributed by atoms with van der Waals surface area (Å²) in [6.07, 6.45) is 7.13. The van der Waals surface area contributed by atoms with Crippen LogP contribution in [-0.4, -0.2) is 5.11 Å². The normalized spacial score (nSPS) is 11.7. The summed E-state index contributed by atoms with van der Waals surface area (Å²) < 4.78 is 1.31. The second kappa shape index (κ2) is 7.68. The molecule has 4 heteroatoms. The number of hydrogen-bond acceptors (Lipinski definition) is 2. The molecule has 2 nitrogen and oxygen atoms in total. The molecule has 1 aliphatic rings. The van der Waals surface area contributed by atoms with Crippen LogP contribution in [0.2, 0.25) is 0 Å². The van der Waals surface area contributed by atoms with Crippen LogP contribution in [0.5, 0.6) is 0 Å². The van der Waals surface area contributed by atoms with Crippen molar-refractivity contribution in [1.82, 2.24) is 0 Å². The van der Waals surface area contributed by atoms with Gasteiger partial charge >= 0.3 is 0 Å². The van der Waals surface area contributed by atoms with E-state index in [1.807, 2.05) is 24.3 Å². The summed E-state index contributed by atoms with van der Waals surface area (Å²) in [6, 6.07) is 8.20. The minimum absolute atomic E-state index is 0. The average Bonchev–Trinajstić information content (AvgIpc) is 2.75. The Morgan fingerprint density at radius 2 is 1.67 bits per heavy atom. The summed E-state index contributed by atoms with van der Waals surface area (Å²) >= 11 is 2.28. The Morgan fingerprint density at radius 1 is 1.20 bits per heavy atom. The van der Waals surface area contributed by atoms with Crippen LogP contribution in [-0.2, 0) is 17.1 Å². The molecule has 0 radical (unpaired) electrons. The SMILES string of the molecule is I[c-]1cccc1.NC(O)=C1C=CC=C1.[Fe]. The first-order valence-corrected chi connectivity index (χ1v) is 5.18. The van der Waals surface area contributed by atoms with Crippen LogP contribution >= 0.6 is 22.6 Å². The fraction of sp³-hybridized carbons (Fsp3) is 0. The maximum absolute atomic E-state index is 8.61. The second-order valence-corrected chi connectivity index (χ2v) is 3.91. The smallest absolute Gasteiger partial charge is 0.188 e. The topological polar surface area (TPSA) is 46.2 Å². The summed E-state index contributed by atoms with van der Waals surface area (Å²) in [5.41, 5.74) is 5.72. The van der Waals surface area contributed by atoms with Crippen molar-refractivity contribution in [3.05, 3.63) is 63.6 Å². The van der Waals surface area contributed by atoms with Crippen molar-refractivity contribution in [1.29, 1.82) is 0 Å². The number of halogens is 1. The fourth-order valence-corrected chi connectivity index (χ4v) is 1.31. The number of nitrogens with two attached hydrogens (primary N) is 1. The van der Waals surface area contributed by atoms with E-state index < -0.39 is 0 Å². The summed E-state index contributed by atoms with van der Waals surface area (Å²) in [5, 5.41) is 8.61. The minimum Gasteiger partial charge on any atom is -0.495 e. The van der Waals surface area contributed by atoms with Crippen LogP contribution in [0.15, 0.2) is 60.0 Å². The minimum atomic E-state index is -0.116. The Morgan fingerprint density at radius 3 is 1.87 bits per heavy atom. The molecule has 0 unspecified atom stereocenters. The molecule has 0 saturated heterocycles. The first-order chi connectivity index (χ1) is 6.70. The molecule has 3 N–H and O–H groups in total. The van der Waals surface area contributed by atoms with Crippen molar-refractivity contribution in [2.45, 2.75) is 0 Å². The molecule has 0 saturated carbocycles. The van der Waals surface area contributed by atoms with E-state index in [9.17, 15) is 0 Å². The van der Waals surface area contributed by atoms with E-state index in [1.165, 1.54) is 3.57 Å². The van der Waals surface area contributed by atoms with E-state index >= 15 is 0 Å². The number of aliphatic hydroxyl groups is 1. The van der Waals surface area contributed by atoms with Crippen molar-refractivity contribution in [3.63, 3.8) is 0 Å². The predicted octanol–water partition coefficient (Wildman–Crippen LogP) is 2.85. The van der Waals surface area contributed by atoms with E-state index in [0.29, 0.717) is 5.57 Å². The number of allylic oxidation sites excluding steroid dienone is 5. The van der Waals surface area contributed by atoms with E-state index in [2.05, 4.69) is 34.7 Å². The molecule has 0 spiro atoms. The zero-order chi connectivity index (χ0) is 10.4. The Labute approximate surface area is 114 Å². The summed E-state index contributed by atoms with van der Waals surface area (Å²) in [6.45, 7) is 0. The van der Waals surface area contributed by atoms with E-state index in [4.69, 9.17) is 10.8 Å². The van der Waals surface area contributed by atoms with Crippen LogP contribution < -0.4 is 5.73 Å². The number of aliphatic hydroxyl groups excluding tert-OH is 1. The van der Waals surface area contributed by atoms with Gasteiger partial charge in [0.05, 0.1) is 0 Å². The van der Waals surface area contributed by atoms with Gasteiger partial charge in [-0.15, -0.1) is 22.6 Å². The standard InChI is InChI=1S/C6H7NO.C5H4I.Fe/c7-6(8)5-3-1-2-4-5;6-5-3-1-2-4-5;/h1-4,8H,7H2;1-4H;/q;-1;. The number of rotatable bonds is 0. The van der Waals surface area contributed by atoms with Gasteiger partial charge in [0.1, 0.15) is 0 Å². The molecule has 0 bridgehead atoms. The van der Waals surface area contributed by atoms with Crippen molar-refractivity contribution in [2.24, 2.45) is 5.73 Å². The molecule has 0 atom stereocenters. The van der Waals surface area contributed by atoms with Gasteiger partial charge in [0.2, 0.25) is 0 Å². The number of hydrogen-bond donors (Lipinski definition) is 2. The first kappa shape index (κ1) is 14.4. The molecule has 15 heavy (non-hydrogen) atoms. The molecule has 1 aliphatic carbocycles. The zero-order valence-corrected chi connectivity index (χ0v) is 11.1. The van der Waals surface area contributed by atoms with Crippen molar-refractivity contribution < 1.29 is 22.2 Å². The third kappa shape index (κ3) is 5.77. The first-order valence-electron chi connectivity index (χ1n) is 4.11. The second-order valence-electron chi connectivity index (χ2n) is 2.66. The Kier molecular flexibility index (Phi) is 7.38. The molecule has 1 aromatic carbocycles. The van der Waals surface area contributed by atoms with Crippen molar-refractivity contribution >= 4 is 22.6 Å². The molecule has 0 heterocycles. The molecular weight excluding hydrogens is 345 g/mol. The van der Waals surface area contributed by atoms with Crippen LogP contribution in [0, 0.1) is 3.57 Å². The van der Waals surface area contributed by atoms with Crippen LogP contribution in [0.4, 0.5) is 0 Å². The third-order valence-corrected chi connectivity index (χ3v) is 2.30. The maximum Gasteiger partial charge on any atom is 0.188 e. The quantitative estimate of drug-likeness (QED) is 0.325. The van der Waals surface area contributed by atoms with Gasteiger partial charge in [0.15, 0.2) is 5.88 Å². The van der Waals surface area contributed by atoms with Crippen molar-refractivity contribution in [2.75, 3.05) is 0 Å². The molecule has 0 amide bonds. The van der Waals surface area contributed by atoms with Gasteiger partial charge in [-0.25, -0.2) is 12.1 Å². The Bertz CT molecular complexity index is 348. The maximum atomic E-state index is 8.61. The molecule has 0 aromatic heterocycles. The fourth-order valence-electron chi connectivity index (χ4n) is 0.895. The van der Waals surface area contributed by atoms with Gasteiger partial charge in [-0.2, -0.15) is 12.1 Å². The molecule has 82 valence electrons. The van der Waals surface area contributed by atoms with Gasteiger partial charge in [-0.3, -0.25) is 0 Å².